The predicted molar refractivity (Wildman–Crippen MR) is 110 cm³/mol. The number of hydrogen-bond donors (Lipinski definition) is 1. The van der Waals surface area contributed by atoms with Crippen molar-refractivity contribution in [2.75, 3.05) is 24.6 Å². The maximum absolute atomic E-state index is 14.7. The fraction of sp³-hybridized carbons (Fsp3) is 0.435. The second kappa shape index (κ2) is 8.41. The van der Waals surface area contributed by atoms with Gasteiger partial charge in [0.05, 0.1) is 30.9 Å². The van der Waals surface area contributed by atoms with Crippen molar-refractivity contribution in [2.45, 2.75) is 45.4 Å². The highest BCUT2D eigenvalue weighted by Crippen LogP contribution is 2.26. The van der Waals surface area contributed by atoms with Crippen LogP contribution in [0.4, 0.5) is 10.1 Å². The number of hydrogen-bond acceptors (Lipinski definition) is 4. The number of carbonyl (C=O) groups is 1. The Labute approximate surface area is 170 Å². The summed E-state index contributed by atoms with van der Waals surface area (Å²) in [6.45, 7) is 6.35. The van der Waals surface area contributed by atoms with Gasteiger partial charge in [-0.15, -0.1) is 0 Å². The van der Waals surface area contributed by atoms with Gasteiger partial charge in [-0.25, -0.2) is 4.39 Å². The lowest BCUT2D eigenvalue weighted by Crippen LogP contribution is -2.45. The number of nitrogens with zero attached hydrogens (tertiary/aromatic N) is 1. The molecule has 0 bridgehead atoms. The van der Waals surface area contributed by atoms with E-state index in [9.17, 15) is 9.18 Å². The molecule has 154 valence electrons. The molecule has 1 fully saturated rings. The summed E-state index contributed by atoms with van der Waals surface area (Å²) >= 11 is 0. The minimum atomic E-state index is -0.267. The van der Waals surface area contributed by atoms with Gasteiger partial charge in [-0.3, -0.25) is 4.79 Å². The molecule has 0 aromatic heterocycles. The van der Waals surface area contributed by atoms with Crippen LogP contribution in [0.2, 0.25) is 0 Å². The van der Waals surface area contributed by atoms with Gasteiger partial charge in [0.1, 0.15) is 11.6 Å². The van der Waals surface area contributed by atoms with E-state index in [1.165, 1.54) is 6.07 Å². The quantitative estimate of drug-likeness (QED) is 0.840. The van der Waals surface area contributed by atoms with E-state index < -0.39 is 0 Å². The van der Waals surface area contributed by atoms with E-state index in [0.29, 0.717) is 38.3 Å². The average molecular weight is 398 g/mol. The Bertz CT molecular complexity index is 892. The summed E-state index contributed by atoms with van der Waals surface area (Å²) in [7, 11) is 0. The average Bonchev–Trinajstić information content (AvgIpc) is 3.13. The summed E-state index contributed by atoms with van der Waals surface area (Å²) in [5.74, 6) is 0.564. The van der Waals surface area contributed by atoms with Crippen LogP contribution in [-0.4, -0.2) is 37.8 Å². The molecule has 1 N–H and O–H groups in total. The summed E-state index contributed by atoms with van der Waals surface area (Å²) in [5, 5.41) is 2.89. The van der Waals surface area contributed by atoms with Crippen LogP contribution in [0.25, 0.3) is 0 Å². The molecular formula is C23H27FN2O3. The Kier molecular flexibility index (Phi) is 5.72. The zero-order chi connectivity index (χ0) is 20.4. The monoisotopic (exact) mass is 398 g/mol. The Hall–Kier alpha value is -2.60. The zero-order valence-corrected chi connectivity index (χ0v) is 16.9. The molecule has 29 heavy (non-hydrogen) atoms. The van der Waals surface area contributed by atoms with E-state index in [2.05, 4.69) is 5.32 Å². The van der Waals surface area contributed by atoms with Crippen molar-refractivity contribution in [1.82, 2.24) is 5.32 Å². The van der Waals surface area contributed by atoms with Crippen molar-refractivity contribution >= 4 is 11.6 Å². The Morgan fingerprint density at radius 1 is 1.14 bits per heavy atom. The van der Waals surface area contributed by atoms with Gasteiger partial charge < -0.3 is 19.7 Å². The number of morpholine rings is 1. The lowest BCUT2D eigenvalue weighted by atomic mass is 10.1. The highest BCUT2D eigenvalue weighted by Gasteiger charge is 2.24. The highest BCUT2D eigenvalue weighted by molar-refractivity contribution is 5.78. The molecule has 2 aromatic rings. The lowest BCUT2D eigenvalue weighted by Gasteiger charge is -2.37. The molecule has 2 aromatic carbocycles. The fourth-order valence-electron chi connectivity index (χ4n) is 4.09. The lowest BCUT2D eigenvalue weighted by molar-refractivity contribution is -0.120. The first-order chi connectivity index (χ1) is 14.0. The Balaban J connectivity index is 1.34. The summed E-state index contributed by atoms with van der Waals surface area (Å²) < 4.78 is 25.9. The molecule has 2 atom stereocenters. The van der Waals surface area contributed by atoms with Crippen molar-refractivity contribution in [3.63, 3.8) is 0 Å². The first-order valence-electron chi connectivity index (χ1n) is 10.2. The molecule has 0 saturated carbocycles. The molecular weight excluding hydrogens is 371 g/mol. The maximum atomic E-state index is 14.7. The van der Waals surface area contributed by atoms with Gasteiger partial charge in [0.25, 0.3) is 0 Å². The topological polar surface area (TPSA) is 50.8 Å². The van der Waals surface area contributed by atoms with Crippen molar-refractivity contribution in [1.29, 1.82) is 0 Å². The Morgan fingerprint density at radius 2 is 1.90 bits per heavy atom. The molecule has 6 heteroatoms. The third kappa shape index (κ3) is 4.70. The van der Waals surface area contributed by atoms with E-state index in [4.69, 9.17) is 9.47 Å². The van der Waals surface area contributed by atoms with Crippen LogP contribution in [0.15, 0.2) is 36.4 Å². The molecule has 0 spiro atoms. The van der Waals surface area contributed by atoms with Crippen LogP contribution in [0.3, 0.4) is 0 Å². The molecule has 0 radical (unpaired) electrons. The standard InChI is InChI=1S/C23H27FN2O3/c1-15-13-26(14-16(2)29-15)21-5-3-18(10-20(21)24)12-25-23(27)11-17-4-6-22-19(9-17)7-8-28-22/h3-6,9-10,15-16H,7-8,11-14H2,1-2H3,(H,25,27). The van der Waals surface area contributed by atoms with Crippen LogP contribution in [-0.2, 0) is 28.9 Å². The zero-order valence-electron chi connectivity index (χ0n) is 16.9. The minimum absolute atomic E-state index is 0.0721. The maximum Gasteiger partial charge on any atom is 0.224 e. The first kappa shape index (κ1) is 19.7. The van der Waals surface area contributed by atoms with Crippen molar-refractivity contribution < 1.29 is 18.7 Å². The number of halogens is 1. The van der Waals surface area contributed by atoms with Gasteiger partial charge in [0, 0.05) is 26.1 Å². The number of rotatable bonds is 5. The van der Waals surface area contributed by atoms with E-state index in [-0.39, 0.29) is 23.9 Å². The van der Waals surface area contributed by atoms with Crippen molar-refractivity contribution in [3.05, 3.63) is 58.9 Å². The van der Waals surface area contributed by atoms with Gasteiger partial charge in [-0.05, 0) is 48.7 Å². The van der Waals surface area contributed by atoms with Gasteiger partial charge in [0.15, 0.2) is 0 Å². The van der Waals surface area contributed by atoms with E-state index in [1.54, 1.807) is 6.07 Å². The molecule has 2 aliphatic heterocycles. The van der Waals surface area contributed by atoms with E-state index in [0.717, 1.165) is 28.9 Å². The molecule has 2 aliphatic rings. The molecule has 2 unspecified atom stereocenters. The largest absolute Gasteiger partial charge is 0.493 e. The predicted octanol–water partition coefficient (Wildman–Crippen LogP) is 3.23. The number of carbonyl (C=O) groups excluding carboxylic acids is 1. The molecule has 1 amide bonds. The number of nitrogens with one attached hydrogen (secondary N) is 1. The van der Waals surface area contributed by atoms with Crippen LogP contribution in [0.1, 0.15) is 30.5 Å². The van der Waals surface area contributed by atoms with Gasteiger partial charge in [-0.1, -0.05) is 18.2 Å². The third-order valence-corrected chi connectivity index (χ3v) is 5.38. The van der Waals surface area contributed by atoms with E-state index >= 15 is 0 Å². The summed E-state index contributed by atoms with van der Waals surface area (Å²) in [6, 6.07) is 11.0. The summed E-state index contributed by atoms with van der Waals surface area (Å²) in [6.07, 6.45) is 1.33. The highest BCUT2D eigenvalue weighted by atomic mass is 19.1. The number of anilines is 1. The summed E-state index contributed by atoms with van der Waals surface area (Å²) in [5.41, 5.74) is 3.45. The van der Waals surface area contributed by atoms with Crippen molar-refractivity contribution in [2.24, 2.45) is 0 Å². The SMILES string of the molecule is CC1CN(c2ccc(CNC(=O)Cc3ccc4c(c3)CCO4)cc2F)CC(C)O1. The fourth-order valence-corrected chi connectivity index (χ4v) is 4.09. The minimum Gasteiger partial charge on any atom is -0.493 e. The second-order valence-electron chi connectivity index (χ2n) is 7.94. The molecule has 5 nitrogen and oxygen atoms in total. The molecule has 1 saturated heterocycles. The van der Waals surface area contributed by atoms with Crippen molar-refractivity contribution in [3.8, 4) is 5.75 Å². The van der Waals surface area contributed by atoms with Gasteiger partial charge in [-0.2, -0.15) is 0 Å². The molecule has 2 heterocycles. The Morgan fingerprint density at radius 3 is 2.66 bits per heavy atom. The van der Waals surface area contributed by atoms with Crippen LogP contribution in [0, 0.1) is 5.82 Å². The first-order valence-corrected chi connectivity index (χ1v) is 10.2. The number of amides is 1. The van der Waals surface area contributed by atoms with E-state index in [1.807, 2.05) is 43.0 Å². The third-order valence-electron chi connectivity index (χ3n) is 5.38. The van der Waals surface area contributed by atoms with Crippen LogP contribution >= 0.6 is 0 Å². The number of benzene rings is 2. The molecule has 0 aliphatic carbocycles. The number of fused-ring (bicyclic) bond motifs is 1. The van der Waals surface area contributed by atoms with Gasteiger partial charge >= 0.3 is 0 Å². The normalized spacial score (nSPS) is 20.9. The van der Waals surface area contributed by atoms with Gasteiger partial charge in [0.2, 0.25) is 5.91 Å². The smallest absolute Gasteiger partial charge is 0.224 e. The number of ether oxygens (including phenoxy) is 2. The van der Waals surface area contributed by atoms with Crippen LogP contribution < -0.4 is 15.0 Å². The second-order valence-corrected chi connectivity index (χ2v) is 7.94. The summed E-state index contributed by atoms with van der Waals surface area (Å²) in [4.78, 5) is 14.3. The van der Waals surface area contributed by atoms with Crippen LogP contribution in [0.5, 0.6) is 5.75 Å². The molecule has 4 rings (SSSR count).